The van der Waals surface area contributed by atoms with E-state index in [1.807, 2.05) is 17.1 Å². The lowest BCUT2D eigenvalue weighted by atomic mass is 10.2. The zero-order chi connectivity index (χ0) is 13.9. The van der Waals surface area contributed by atoms with Crippen LogP contribution < -0.4 is 5.32 Å². The quantitative estimate of drug-likeness (QED) is 0.873. The maximum atomic E-state index is 4.56. The molecule has 2 aromatic heterocycles. The minimum atomic E-state index is 0.711. The number of pyridine rings is 1. The van der Waals surface area contributed by atoms with Gasteiger partial charge in [-0.3, -0.25) is 4.98 Å². The van der Waals surface area contributed by atoms with Gasteiger partial charge in [-0.2, -0.15) is 5.10 Å². The highest BCUT2D eigenvalue weighted by Gasteiger charge is 2.20. The molecule has 0 amide bonds. The fraction of sp³-hybridized carbons (Fsp3) is 0.533. The van der Waals surface area contributed by atoms with Crippen molar-refractivity contribution in [2.45, 2.75) is 52.1 Å². The van der Waals surface area contributed by atoms with E-state index in [2.05, 4.69) is 40.3 Å². The highest BCUT2D eigenvalue weighted by atomic mass is 15.4. The average molecular weight is 271 g/mol. The summed E-state index contributed by atoms with van der Waals surface area (Å²) in [4.78, 5) is 8.89. The van der Waals surface area contributed by atoms with Gasteiger partial charge >= 0.3 is 0 Å². The summed E-state index contributed by atoms with van der Waals surface area (Å²) < 4.78 is 1.92. The molecule has 20 heavy (non-hydrogen) atoms. The van der Waals surface area contributed by atoms with E-state index in [1.165, 1.54) is 18.4 Å². The molecule has 0 radical (unpaired) electrons. The van der Waals surface area contributed by atoms with Gasteiger partial charge in [-0.25, -0.2) is 9.67 Å². The molecule has 0 aliphatic heterocycles. The molecule has 1 aliphatic rings. The van der Waals surface area contributed by atoms with Gasteiger partial charge < -0.3 is 5.32 Å². The first-order chi connectivity index (χ1) is 9.80. The van der Waals surface area contributed by atoms with Crippen LogP contribution in [-0.4, -0.2) is 25.8 Å². The van der Waals surface area contributed by atoms with Crippen LogP contribution in [0, 0.1) is 0 Å². The lowest BCUT2D eigenvalue weighted by molar-refractivity contribution is 0.684. The van der Waals surface area contributed by atoms with Crippen LogP contribution in [0.25, 0.3) is 5.69 Å². The SMILES string of the molecule is CCc1nc(CC)n(-c2cncc(CNC3CC3)c2)n1. The smallest absolute Gasteiger partial charge is 0.151 e. The largest absolute Gasteiger partial charge is 0.310 e. The van der Waals surface area contributed by atoms with E-state index in [0.717, 1.165) is 36.7 Å². The molecule has 0 spiro atoms. The van der Waals surface area contributed by atoms with Crippen molar-refractivity contribution in [1.82, 2.24) is 25.1 Å². The predicted octanol–water partition coefficient (Wildman–Crippen LogP) is 2.04. The Morgan fingerprint density at radius 1 is 1.25 bits per heavy atom. The molecular weight excluding hydrogens is 250 g/mol. The van der Waals surface area contributed by atoms with Crippen LogP contribution in [0.3, 0.4) is 0 Å². The maximum absolute atomic E-state index is 4.56. The molecule has 0 atom stereocenters. The van der Waals surface area contributed by atoms with Gasteiger partial charge in [0.25, 0.3) is 0 Å². The van der Waals surface area contributed by atoms with Crippen LogP contribution in [0.2, 0.25) is 0 Å². The van der Waals surface area contributed by atoms with Gasteiger partial charge in [0.05, 0.1) is 11.9 Å². The van der Waals surface area contributed by atoms with Gasteiger partial charge in [-0.15, -0.1) is 0 Å². The molecule has 0 saturated heterocycles. The molecule has 0 aromatic carbocycles. The topological polar surface area (TPSA) is 55.6 Å². The van der Waals surface area contributed by atoms with E-state index < -0.39 is 0 Å². The van der Waals surface area contributed by atoms with Crippen LogP contribution in [0.15, 0.2) is 18.5 Å². The Bertz CT molecular complexity index is 586. The van der Waals surface area contributed by atoms with Crippen LogP contribution >= 0.6 is 0 Å². The Balaban J connectivity index is 1.84. The van der Waals surface area contributed by atoms with Gasteiger partial charge in [0.15, 0.2) is 5.82 Å². The molecule has 106 valence electrons. The molecule has 0 bridgehead atoms. The van der Waals surface area contributed by atoms with Gasteiger partial charge in [0.1, 0.15) is 5.82 Å². The summed E-state index contributed by atoms with van der Waals surface area (Å²) in [6.45, 7) is 5.06. The number of nitrogens with one attached hydrogen (secondary N) is 1. The van der Waals surface area contributed by atoms with Crippen molar-refractivity contribution in [3.8, 4) is 5.69 Å². The number of nitrogens with zero attached hydrogens (tertiary/aromatic N) is 4. The molecule has 1 aliphatic carbocycles. The van der Waals surface area contributed by atoms with E-state index in [0.29, 0.717) is 6.04 Å². The number of hydrogen-bond donors (Lipinski definition) is 1. The van der Waals surface area contributed by atoms with E-state index in [-0.39, 0.29) is 0 Å². The fourth-order valence-electron chi connectivity index (χ4n) is 2.21. The molecule has 3 rings (SSSR count). The fourth-order valence-corrected chi connectivity index (χ4v) is 2.21. The van der Waals surface area contributed by atoms with Crippen LogP contribution in [-0.2, 0) is 19.4 Å². The molecule has 2 aromatic rings. The van der Waals surface area contributed by atoms with E-state index in [1.54, 1.807) is 0 Å². The molecule has 5 heteroatoms. The molecule has 5 nitrogen and oxygen atoms in total. The molecule has 1 fully saturated rings. The van der Waals surface area contributed by atoms with Gasteiger partial charge in [-0.1, -0.05) is 13.8 Å². The summed E-state index contributed by atoms with van der Waals surface area (Å²) in [6.07, 6.45) is 8.11. The zero-order valence-electron chi connectivity index (χ0n) is 12.1. The number of hydrogen-bond acceptors (Lipinski definition) is 4. The molecule has 1 saturated carbocycles. The van der Waals surface area contributed by atoms with Crippen molar-refractivity contribution in [2.24, 2.45) is 0 Å². The first-order valence-electron chi connectivity index (χ1n) is 7.42. The summed E-state index contributed by atoms with van der Waals surface area (Å²) >= 11 is 0. The Kier molecular flexibility index (Phi) is 3.78. The van der Waals surface area contributed by atoms with E-state index in [9.17, 15) is 0 Å². The van der Waals surface area contributed by atoms with Crippen molar-refractivity contribution >= 4 is 0 Å². The minimum Gasteiger partial charge on any atom is -0.310 e. The Morgan fingerprint density at radius 3 is 2.80 bits per heavy atom. The summed E-state index contributed by atoms with van der Waals surface area (Å²) in [5.74, 6) is 1.89. The Morgan fingerprint density at radius 2 is 2.10 bits per heavy atom. The highest BCUT2D eigenvalue weighted by molar-refractivity contribution is 5.32. The summed E-state index contributed by atoms with van der Waals surface area (Å²) in [5.41, 5.74) is 2.20. The highest BCUT2D eigenvalue weighted by Crippen LogP contribution is 2.19. The van der Waals surface area contributed by atoms with E-state index >= 15 is 0 Å². The van der Waals surface area contributed by atoms with Crippen LogP contribution in [0.4, 0.5) is 0 Å². The van der Waals surface area contributed by atoms with Crippen molar-refractivity contribution in [2.75, 3.05) is 0 Å². The summed E-state index contributed by atoms with van der Waals surface area (Å²) in [7, 11) is 0. The second kappa shape index (κ2) is 5.71. The number of aryl methyl sites for hydroxylation is 2. The third-order valence-corrected chi connectivity index (χ3v) is 3.55. The molecular formula is C15H21N5. The second-order valence-corrected chi connectivity index (χ2v) is 5.27. The monoisotopic (exact) mass is 271 g/mol. The standard InChI is InChI=1S/C15H21N5/c1-3-14-18-15(4-2)20(19-14)13-7-11(8-16-10-13)9-17-12-5-6-12/h7-8,10,12,17H,3-6,9H2,1-2H3. The van der Waals surface area contributed by atoms with Gasteiger partial charge in [0.2, 0.25) is 0 Å². The first kappa shape index (κ1) is 13.2. The van der Waals surface area contributed by atoms with Crippen LogP contribution in [0.1, 0.15) is 43.9 Å². The van der Waals surface area contributed by atoms with Crippen molar-refractivity contribution in [1.29, 1.82) is 0 Å². The van der Waals surface area contributed by atoms with Crippen molar-refractivity contribution in [3.05, 3.63) is 35.7 Å². The summed E-state index contributed by atoms with van der Waals surface area (Å²) in [5, 5.41) is 8.07. The molecule has 1 N–H and O–H groups in total. The normalized spacial score (nSPS) is 14.7. The lowest BCUT2D eigenvalue weighted by Gasteiger charge is -2.07. The van der Waals surface area contributed by atoms with Crippen molar-refractivity contribution < 1.29 is 0 Å². The minimum absolute atomic E-state index is 0.711. The van der Waals surface area contributed by atoms with Gasteiger partial charge in [0, 0.05) is 31.6 Å². The average Bonchev–Trinajstić information content (AvgIpc) is 3.22. The second-order valence-electron chi connectivity index (χ2n) is 5.27. The lowest BCUT2D eigenvalue weighted by Crippen LogP contribution is -2.15. The van der Waals surface area contributed by atoms with Crippen LogP contribution in [0.5, 0.6) is 0 Å². The first-order valence-corrected chi connectivity index (χ1v) is 7.42. The third-order valence-electron chi connectivity index (χ3n) is 3.55. The number of aromatic nitrogens is 4. The molecule has 0 unspecified atom stereocenters. The Labute approximate surface area is 119 Å². The Hall–Kier alpha value is -1.75. The van der Waals surface area contributed by atoms with E-state index in [4.69, 9.17) is 0 Å². The predicted molar refractivity (Wildman–Crippen MR) is 77.8 cm³/mol. The number of rotatable bonds is 6. The molecule has 2 heterocycles. The third kappa shape index (κ3) is 2.88. The zero-order valence-corrected chi connectivity index (χ0v) is 12.1. The van der Waals surface area contributed by atoms with Gasteiger partial charge in [-0.05, 0) is 24.5 Å². The summed E-state index contributed by atoms with van der Waals surface area (Å²) in [6, 6.07) is 2.86. The van der Waals surface area contributed by atoms with Crippen molar-refractivity contribution in [3.63, 3.8) is 0 Å². The maximum Gasteiger partial charge on any atom is 0.151 e.